The maximum atomic E-state index is 12.7. The smallest absolute Gasteiger partial charge is 0.462 e. The minimum absolute atomic E-state index is 0.0129. The normalized spacial score (nSPS) is 17.7. The van der Waals surface area contributed by atoms with E-state index < -0.39 is 32.5 Å². The van der Waals surface area contributed by atoms with Crippen molar-refractivity contribution in [1.82, 2.24) is 0 Å². The van der Waals surface area contributed by atoms with Gasteiger partial charge < -0.3 is 23.6 Å². The molecule has 10 nitrogen and oxygen atoms in total. The predicted molar refractivity (Wildman–Crippen MR) is 242 cm³/mol. The summed E-state index contributed by atoms with van der Waals surface area (Å²) in [6.07, 6.45) is 47.0. The number of phosphoric acid groups is 1. The van der Waals surface area contributed by atoms with E-state index in [0.717, 1.165) is 64.2 Å². The Balaban J connectivity index is 2.33. The van der Waals surface area contributed by atoms with Crippen molar-refractivity contribution in [2.75, 3.05) is 47.5 Å². The zero-order valence-electron chi connectivity index (χ0n) is 37.7. The molecule has 59 heavy (non-hydrogen) atoms. The Labute approximate surface area is 359 Å². The van der Waals surface area contributed by atoms with Crippen molar-refractivity contribution >= 4 is 19.8 Å². The lowest BCUT2D eigenvalue weighted by Crippen LogP contribution is -2.37. The number of likely N-dealkylation sites (N-methyl/N-ethyl adjacent to an activating group) is 1. The fourth-order valence-corrected chi connectivity index (χ4v) is 6.67. The van der Waals surface area contributed by atoms with Gasteiger partial charge in [-0.05, 0) is 83.5 Å². The second-order valence-electron chi connectivity index (χ2n) is 16.5. The van der Waals surface area contributed by atoms with E-state index in [1.54, 1.807) is 0 Å². The first-order chi connectivity index (χ1) is 28.5. The van der Waals surface area contributed by atoms with E-state index in [-0.39, 0.29) is 26.1 Å². The largest absolute Gasteiger partial charge is 0.472 e. The fraction of sp³-hybridized carbons (Fsp3) is 0.708. The van der Waals surface area contributed by atoms with Crippen LogP contribution in [-0.2, 0) is 37.4 Å². The molecule has 11 heteroatoms. The number of ether oxygens (including phenoxy) is 3. The van der Waals surface area contributed by atoms with Crippen LogP contribution in [0.4, 0.5) is 0 Å². The average Bonchev–Trinajstić information content (AvgIpc) is 3.94. The number of carbonyl (C=O) groups is 2. The van der Waals surface area contributed by atoms with E-state index in [2.05, 4.69) is 86.8 Å². The summed E-state index contributed by atoms with van der Waals surface area (Å²) in [5, 5.41) is 0. The van der Waals surface area contributed by atoms with Crippen LogP contribution >= 0.6 is 7.82 Å². The zero-order chi connectivity index (χ0) is 43.3. The average molecular weight is 849 g/mol. The minimum Gasteiger partial charge on any atom is -0.462 e. The first-order valence-corrected chi connectivity index (χ1v) is 24.3. The van der Waals surface area contributed by atoms with Crippen molar-refractivity contribution in [2.24, 2.45) is 0 Å². The van der Waals surface area contributed by atoms with E-state index in [9.17, 15) is 19.0 Å². The molecule has 0 amide bonds. The first kappa shape index (κ1) is 54.4. The summed E-state index contributed by atoms with van der Waals surface area (Å²) < 4.78 is 40.0. The molecule has 4 atom stereocenters. The molecule has 0 aliphatic carbocycles. The topological polar surface area (TPSA) is 121 Å². The van der Waals surface area contributed by atoms with Gasteiger partial charge in [0.1, 0.15) is 19.8 Å². The highest BCUT2D eigenvalue weighted by molar-refractivity contribution is 7.47. The molecule has 1 aliphatic heterocycles. The maximum absolute atomic E-state index is 12.7. The molecule has 0 bridgehead atoms. The van der Waals surface area contributed by atoms with Crippen LogP contribution in [0.3, 0.4) is 0 Å². The Morgan fingerprint density at radius 3 is 1.76 bits per heavy atom. The monoisotopic (exact) mass is 849 g/mol. The van der Waals surface area contributed by atoms with Crippen LogP contribution in [0, 0.1) is 0 Å². The maximum Gasteiger partial charge on any atom is 0.472 e. The number of rotatable bonds is 39. The van der Waals surface area contributed by atoms with E-state index in [0.29, 0.717) is 36.1 Å². The summed E-state index contributed by atoms with van der Waals surface area (Å²) >= 11 is 0. The number of allylic oxidation sites excluding steroid dienone is 11. The molecular formula is C48H83NO9P+. The molecule has 3 unspecified atom stereocenters. The number of quaternary nitrogens is 1. The van der Waals surface area contributed by atoms with Crippen LogP contribution in [0.25, 0.3) is 0 Å². The van der Waals surface area contributed by atoms with Gasteiger partial charge in [-0.15, -0.1) is 0 Å². The SMILES string of the molecule is CCCCC/C=C\C/C=C\C/C=C\CCCCCCC(=O)O[C@H](COC(=O)CCC/C=C\C/C=C\C/C=C\CC1OC1CCCCC)COP(=O)(O)OCC[N+](C)(C)C. The van der Waals surface area contributed by atoms with Crippen LogP contribution in [0.5, 0.6) is 0 Å². The summed E-state index contributed by atoms with van der Waals surface area (Å²) in [5.74, 6) is -0.901. The van der Waals surface area contributed by atoms with Gasteiger partial charge >= 0.3 is 19.8 Å². The number of esters is 2. The molecule has 1 rings (SSSR count). The molecular weight excluding hydrogens is 766 g/mol. The molecule has 0 aromatic heterocycles. The second kappa shape index (κ2) is 36.1. The third kappa shape index (κ3) is 36.9. The van der Waals surface area contributed by atoms with Crippen molar-refractivity contribution in [2.45, 2.75) is 173 Å². The van der Waals surface area contributed by atoms with Crippen LogP contribution in [0.15, 0.2) is 72.9 Å². The van der Waals surface area contributed by atoms with Gasteiger partial charge in [-0.25, -0.2) is 4.57 Å². The summed E-state index contributed by atoms with van der Waals surface area (Å²) in [6, 6.07) is 0. The summed E-state index contributed by atoms with van der Waals surface area (Å²) in [6.45, 7) is 4.25. The second-order valence-corrected chi connectivity index (χ2v) is 17.9. The third-order valence-electron chi connectivity index (χ3n) is 9.63. The Bertz CT molecular complexity index is 1300. The molecule has 0 saturated carbocycles. The highest BCUT2D eigenvalue weighted by Gasteiger charge is 2.36. The number of phosphoric ester groups is 1. The zero-order valence-corrected chi connectivity index (χ0v) is 38.5. The molecule has 0 aromatic carbocycles. The molecule has 1 N–H and O–H groups in total. The van der Waals surface area contributed by atoms with E-state index in [1.165, 1.54) is 51.4 Å². The molecule has 0 radical (unpaired) electrons. The Morgan fingerprint density at radius 2 is 1.15 bits per heavy atom. The molecule has 0 aromatic rings. The quantitative estimate of drug-likeness (QED) is 0.0161. The standard InChI is InChI=1S/C48H82NO9P/c1-6-8-10-11-12-13-14-15-16-17-18-19-20-25-28-31-35-39-48(51)57-44(43-56-59(52,53)55-41-40-49(3,4)5)42-54-47(50)38-34-30-27-24-22-21-23-26-29-33-37-46-45(58-46)36-32-9-7-2/h12-13,15-16,18-19,21,23-24,27,29,33,44-46H,6-11,14,17,20,22,25-26,28,30-32,34-43H2,1-5H3/p+1/b13-12-,16-15-,19-18-,23-21-,27-24-,33-29-/t44-,45?,46?/m1/s1. The number of nitrogens with zero attached hydrogens (tertiary/aromatic N) is 1. The van der Waals surface area contributed by atoms with Gasteiger partial charge in [0.25, 0.3) is 0 Å². The lowest BCUT2D eigenvalue weighted by atomic mass is 10.1. The van der Waals surface area contributed by atoms with Crippen molar-refractivity contribution in [3.8, 4) is 0 Å². The van der Waals surface area contributed by atoms with Crippen molar-refractivity contribution < 1.29 is 46.8 Å². The van der Waals surface area contributed by atoms with Gasteiger partial charge in [0.2, 0.25) is 0 Å². The number of hydrogen-bond acceptors (Lipinski definition) is 8. The van der Waals surface area contributed by atoms with E-state index in [1.807, 2.05) is 21.1 Å². The van der Waals surface area contributed by atoms with Gasteiger partial charge in [0.05, 0.1) is 40.0 Å². The van der Waals surface area contributed by atoms with Crippen LogP contribution in [-0.4, -0.2) is 87.1 Å². The number of carbonyl (C=O) groups excluding carboxylic acids is 2. The van der Waals surface area contributed by atoms with Crippen molar-refractivity contribution in [3.05, 3.63) is 72.9 Å². The minimum atomic E-state index is -4.40. The molecule has 1 heterocycles. The highest BCUT2D eigenvalue weighted by Crippen LogP contribution is 2.43. The predicted octanol–water partition coefficient (Wildman–Crippen LogP) is 12.0. The van der Waals surface area contributed by atoms with Crippen LogP contribution in [0.1, 0.15) is 155 Å². The summed E-state index contributed by atoms with van der Waals surface area (Å²) in [5.41, 5.74) is 0. The Kier molecular flexibility index (Phi) is 33.3. The van der Waals surface area contributed by atoms with Gasteiger partial charge in [0.15, 0.2) is 6.10 Å². The first-order valence-electron chi connectivity index (χ1n) is 22.8. The third-order valence-corrected chi connectivity index (χ3v) is 10.6. The molecule has 1 fully saturated rings. The summed E-state index contributed by atoms with van der Waals surface area (Å²) in [7, 11) is 1.41. The summed E-state index contributed by atoms with van der Waals surface area (Å²) in [4.78, 5) is 35.4. The Morgan fingerprint density at radius 1 is 0.627 bits per heavy atom. The van der Waals surface area contributed by atoms with Crippen LogP contribution < -0.4 is 0 Å². The van der Waals surface area contributed by atoms with Crippen molar-refractivity contribution in [1.29, 1.82) is 0 Å². The number of hydrogen-bond donors (Lipinski definition) is 1. The fourth-order valence-electron chi connectivity index (χ4n) is 5.93. The van der Waals surface area contributed by atoms with Gasteiger partial charge in [-0.1, -0.05) is 132 Å². The Hall–Kier alpha value is -2.59. The van der Waals surface area contributed by atoms with Crippen LogP contribution in [0.2, 0.25) is 0 Å². The van der Waals surface area contributed by atoms with E-state index >= 15 is 0 Å². The van der Waals surface area contributed by atoms with Crippen molar-refractivity contribution in [3.63, 3.8) is 0 Å². The number of unbranched alkanes of at least 4 members (excludes halogenated alkanes) is 10. The number of epoxide rings is 1. The molecule has 1 saturated heterocycles. The van der Waals surface area contributed by atoms with E-state index in [4.69, 9.17) is 23.3 Å². The lowest BCUT2D eigenvalue weighted by molar-refractivity contribution is -0.870. The lowest BCUT2D eigenvalue weighted by Gasteiger charge is -2.24. The molecule has 338 valence electrons. The molecule has 1 aliphatic rings. The van der Waals surface area contributed by atoms with Gasteiger partial charge in [-0.3, -0.25) is 18.6 Å². The molecule has 0 spiro atoms. The van der Waals surface area contributed by atoms with Gasteiger partial charge in [0, 0.05) is 12.8 Å². The van der Waals surface area contributed by atoms with Gasteiger partial charge in [-0.2, -0.15) is 0 Å². The highest BCUT2D eigenvalue weighted by atomic mass is 31.2.